The van der Waals surface area contributed by atoms with Crippen LogP contribution in [-0.4, -0.2) is 62.6 Å². The highest BCUT2D eigenvalue weighted by atomic mass is 16.5. The summed E-state index contributed by atoms with van der Waals surface area (Å²) in [5, 5.41) is 5.70. The molecular formula is C24H32N4O3. The van der Waals surface area contributed by atoms with Crippen LogP contribution in [0, 0.1) is 5.92 Å². The third-order valence-corrected chi connectivity index (χ3v) is 5.38. The van der Waals surface area contributed by atoms with Crippen molar-refractivity contribution in [2.75, 3.05) is 50.1 Å². The molecule has 2 N–H and O–H groups in total. The minimum atomic E-state index is -0.649. The predicted molar refractivity (Wildman–Crippen MR) is 123 cm³/mol. The zero-order valence-electron chi connectivity index (χ0n) is 18.5. The van der Waals surface area contributed by atoms with Crippen LogP contribution in [0.2, 0.25) is 0 Å². The van der Waals surface area contributed by atoms with Gasteiger partial charge in [0.1, 0.15) is 11.8 Å². The molecule has 0 radical (unpaired) electrons. The number of piperazine rings is 1. The van der Waals surface area contributed by atoms with Crippen molar-refractivity contribution in [3.63, 3.8) is 0 Å². The van der Waals surface area contributed by atoms with Crippen LogP contribution in [0.25, 0.3) is 0 Å². The number of carbonyl (C=O) groups excluding carboxylic acids is 2. The largest absolute Gasteiger partial charge is 0.484 e. The first-order chi connectivity index (χ1) is 14.9. The maximum atomic E-state index is 12.8. The van der Waals surface area contributed by atoms with E-state index in [1.807, 2.05) is 56.3 Å². The van der Waals surface area contributed by atoms with Crippen molar-refractivity contribution in [2.45, 2.75) is 19.9 Å². The van der Waals surface area contributed by atoms with Gasteiger partial charge in [0.15, 0.2) is 6.61 Å². The first-order valence-corrected chi connectivity index (χ1v) is 10.7. The van der Waals surface area contributed by atoms with Crippen molar-refractivity contribution in [2.24, 2.45) is 5.92 Å². The zero-order valence-corrected chi connectivity index (χ0v) is 18.5. The second kappa shape index (κ2) is 10.8. The van der Waals surface area contributed by atoms with Gasteiger partial charge < -0.3 is 25.2 Å². The Balaban J connectivity index is 1.53. The van der Waals surface area contributed by atoms with Crippen molar-refractivity contribution < 1.29 is 14.3 Å². The fourth-order valence-electron chi connectivity index (χ4n) is 3.46. The average molecular weight is 425 g/mol. The van der Waals surface area contributed by atoms with Gasteiger partial charge in [-0.1, -0.05) is 32.0 Å². The van der Waals surface area contributed by atoms with Gasteiger partial charge in [0, 0.05) is 37.6 Å². The summed E-state index contributed by atoms with van der Waals surface area (Å²) in [6.07, 6.45) is 0. The highest BCUT2D eigenvalue weighted by Crippen LogP contribution is 2.20. The molecule has 1 heterocycles. The van der Waals surface area contributed by atoms with Crippen molar-refractivity contribution in [1.82, 2.24) is 10.2 Å². The molecule has 1 aliphatic heterocycles. The Hall–Kier alpha value is -3.06. The molecule has 1 atom stereocenters. The van der Waals surface area contributed by atoms with Gasteiger partial charge in [-0.15, -0.1) is 0 Å². The zero-order chi connectivity index (χ0) is 22.2. The van der Waals surface area contributed by atoms with Gasteiger partial charge in [0.25, 0.3) is 5.91 Å². The highest BCUT2D eigenvalue weighted by Gasteiger charge is 2.24. The van der Waals surface area contributed by atoms with Gasteiger partial charge in [-0.3, -0.25) is 9.59 Å². The van der Waals surface area contributed by atoms with Crippen LogP contribution < -0.4 is 20.3 Å². The Bertz CT molecular complexity index is 847. The molecule has 0 aliphatic carbocycles. The van der Waals surface area contributed by atoms with E-state index in [1.54, 1.807) is 12.1 Å². The average Bonchev–Trinajstić information content (AvgIpc) is 2.77. The Labute approximate surface area is 184 Å². The van der Waals surface area contributed by atoms with Crippen LogP contribution in [-0.2, 0) is 9.59 Å². The lowest BCUT2D eigenvalue weighted by atomic mass is 10.0. The summed E-state index contributed by atoms with van der Waals surface area (Å²) in [5.41, 5.74) is 1.86. The maximum absolute atomic E-state index is 12.8. The smallest absolute Gasteiger partial charge is 0.258 e. The first kappa shape index (κ1) is 22.6. The van der Waals surface area contributed by atoms with Crippen molar-refractivity contribution in [3.05, 3.63) is 54.6 Å². The number of para-hydroxylation sites is 1. The quantitative estimate of drug-likeness (QED) is 0.682. The third-order valence-electron chi connectivity index (χ3n) is 5.38. The molecule has 166 valence electrons. The van der Waals surface area contributed by atoms with Gasteiger partial charge in [-0.25, -0.2) is 0 Å². The van der Waals surface area contributed by atoms with Gasteiger partial charge in [0.2, 0.25) is 5.91 Å². The van der Waals surface area contributed by atoms with E-state index in [0.29, 0.717) is 11.4 Å². The predicted octanol–water partition coefficient (Wildman–Crippen LogP) is 2.60. The van der Waals surface area contributed by atoms with Crippen LogP contribution in [0.4, 0.5) is 11.4 Å². The summed E-state index contributed by atoms with van der Waals surface area (Å²) in [4.78, 5) is 29.8. The molecular weight excluding hydrogens is 392 g/mol. The van der Waals surface area contributed by atoms with E-state index in [0.717, 1.165) is 31.9 Å². The van der Waals surface area contributed by atoms with Crippen LogP contribution in [0.3, 0.4) is 0 Å². The maximum Gasteiger partial charge on any atom is 0.258 e. The van der Waals surface area contributed by atoms with Gasteiger partial charge in [-0.05, 0) is 49.4 Å². The number of hydrogen-bond donors (Lipinski definition) is 2. The molecule has 0 aromatic heterocycles. The fraction of sp³-hybridized carbons (Fsp3) is 0.417. The molecule has 2 amide bonds. The summed E-state index contributed by atoms with van der Waals surface area (Å²) in [7, 11) is 2.13. The summed E-state index contributed by atoms with van der Waals surface area (Å²) in [5.74, 6) is -0.0209. The van der Waals surface area contributed by atoms with E-state index in [2.05, 4.69) is 27.5 Å². The number of anilines is 2. The number of hydrogen-bond acceptors (Lipinski definition) is 5. The molecule has 1 saturated heterocycles. The number of rotatable bonds is 8. The number of ether oxygens (including phenoxy) is 1. The monoisotopic (exact) mass is 424 g/mol. The van der Waals surface area contributed by atoms with Crippen molar-refractivity contribution in [3.8, 4) is 5.75 Å². The minimum absolute atomic E-state index is 0.0645. The number of nitrogens with one attached hydrogen (secondary N) is 2. The lowest BCUT2D eigenvalue weighted by Crippen LogP contribution is -2.48. The van der Waals surface area contributed by atoms with Crippen LogP contribution in [0.1, 0.15) is 13.8 Å². The normalized spacial score (nSPS) is 15.4. The van der Waals surface area contributed by atoms with E-state index in [1.165, 1.54) is 0 Å². The molecule has 0 bridgehead atoms. The highest BCUT2D eigenvalue weighted by molar-refractivity contribution is 5.97. The summed E-state index contributed by atoms with van der Waals surface area (Å²) >= 11 is 0. The van der Waals surface area contributed by atoms with Crippen molar-refractivity contribution in [1.29, 1.82) is 0 Å². The van der Waals surface area contributed by atoms with Gasteiger partial charge in [-0.2, -0.15) is 0 Å². The van der Waals surface area contributed by atoms with E-state index >= 15 is 0 Å². The van der Waals surface area contributed by atoms with Gasteiger partial charge >= 0.3 is 0 Å². The first-order valence-electron chi connectivity index (χ1n) is 10.7. The number of benzene rings is 2. The number of amides is 2. The van der Waals surface area contributed by atoms with Crippen LogP contribution >= 0.6 is 0 Å². The second-order valence-corrected chi connectivity index (χ2v) is 8.22. The molecule has 0 saturated carbocycles. The number of likely N-dealkylation sites (N-methyl/N-ethyl adjacent to an activating group) is 1. The third kappa shape index (κ3) is 6.72. The van der Waals surface area contributed by atoms with E-state index in [-0.39, 0.29) is 24.3 Å². The molecule has 7 heteroatoms. The molecule has 1 fully saturated rings. The molecule has 2 aromatic rings. The van der Waals surface area contributed by atoms with Crippen LogP contribution in [0.5, 0.6) is 5.75 Å². The number of carbonyl (C=O) groups is 2. The lowest BCUT2D eigenvalue weighted by Gasteiger charge is -2.34. The number of nitrogens with zero attached hydrogens (tertiary/aromatic N) is 2. The van der Waals surface area contributed by atoms with E-state index < -0.39 is 6.04 Å². The Morgan fingerprint density at radius 2 is 1.61 bits per heavy atom. The Morgan fingerprint density at radius 1 is 0.968 bits per heavy atom. The summed E-state index contributed by atoms with van der Waals surface area (Å²) in [6, 6.07) is 16.3. The molecule has 0 spiro atoms. The lowest BCUT2D eigenvalue weighted by molar-refractivity contribution is -0.128. The summed E-state index contributed by atoms with van der Waals surface area (Å²) in [6.45, 7) is 7.74. The molecule has 0 unspecified atom stereocenters. The van der Waals surface area contributed by atoms with Gasteiger partial charge in [0.05, 0.1) is 0 Å². The standard InChI is InChI=1S/C24H32N4O3/c1-18(2)23(26-22(29)17-31-21-7-5-4-6-8-21)24(30)25-19-9-11-20(12-10-19)28-15-13-27(3)14-16-28/h4-12,18,23H,13-17H2,1-3H3,(H,25,30)(H,26,29)/t23-/m0/s1. The SMILES string of the molecule is CC(C)[C@H](NC(=O)COc1ccccc1)C(=O)Nc1ccc(N2CCN(C)CC2)cc1. The van der Waals surface area contributed by atoms with E-state index in [4.69, 9.17) is 4.74 Å². The summed E-state index contributed by atoms with van der Waals surface area (Å²) < 4.78 is 5.47. The second-order valence-electron chi connectivity index (χ2n) is 8.22. The molecule has 2 aromatic carbocycles. The van der Waals surface area contributed by atoms with Crippen LogP contribution in [0.15, 0.2) is 54.6 Å². The molecule has 3 rings (SSSR count). The van der Waals surface area contributed by atoms with E-state index in [9.17, 15) is 9.59 Å². The Morgan fingerprint density at radius 3 is 2.23 bits per heavy atom. The molecule has 31 heavy (non-hydrogen) atoms. The Kier molecular flexibility index (Phi) is 7.89. The topological polar surface area (TPSA) is 73.9 Å². The molecule has 7 nitrogen and oxygen atoms in total. The van der Waals surface area contributed by atoms with Crippen molar-refractivity contribution >= 4 is 23.2 Å². The fourth-order valence-corrected chi connectivity index (χ4v) is 3.46. The molecule has 1 aliphatic rings. The minimum Gasteiger partial charge on any atom is -0.484 e.